The Morgan fingerprint density at radius 3 is 2.62 bits per heavy atom. The lowest BCUT2D eigenvalue weighted by molar-refractivity contribution is -0.116. The zero-order valence-corrected chi connectivity index (χ0v) is 11.9. The maximum Gasteiger partial charge on any atom is 0.224 e. The number of amides is 1. The third kappa shape index (κ3) is 4.30. The standard InChI is InChI=1S/C16H18N4O/c17-10-13-2-3-15(9-14(13)11-18)20-16(21)4-1-12-5-7-19-8-6-12/h2-3,9,12,19H,1,4-8H2,(H,20,21). The summed E-state index contributed by atoms with van der Waals surface area (Å²) in [6.45, 7) is 2.07. The predicted molar refractivity (Wildman–Crippen MR) is 79.3 cm³/mol. The number of nitrogens with one attached hydrogen (secondary N) is 2. The third-order valence-corrected chi connectivity index (χ3v) is 3.78. The first-order valence-electron chi connectivity index (χ1n) is 7.17. The molecule has 21 heavy (non-hydrogen) atoms. The Balaban J connectivity index is 1.88. The minimum atomic E-state index is -0.0397. The summed E-state index contributed by atoms with van der Waals surface area (Å²) in [7, 11) is 0. The summed E-state index contributed by atoms with van der Waals surface area (Å²) in [5, 5.41) is 23.9. The summed E-state index contributed by atoms with van der Waals surface area (Å²) < 4.78 is 0. The smallest absolute Gasteiger partial charge is 0.224 e. The number of hydrogen-bond donors (Lipinski definition) is 2. The molecule has 5 nitrogen and oxygen atoms in total. The molecule has 1 heterocycles. The molecule has 2 N–H and O–H groups in total. The largest absolute Gasteiger partial charge is 0.326 e. The van der Waals surface area contributed by atoms with Gasteiger partial charge in [0, 0.05) is 12.1 Å². The molecule has 1 saturated heterocycles. The molecular formula is C16H18N4O. The Morgan fingerprint density at radius 2 is 1.95 bits per heavy atom. The molecule has 2 rings (SSSR count). The van der Waals surface area contributed by atoms with Gasteiger partial charge in [-0.3, -0.25) is 4.79 Å². The normalized spacial score (nSPS) is 15.0. The van der Waals surface area contributed by atoms with Crippen molar-refractivity contribution in [2.75, 3.05) is 18.4 Å². The van der Waals surface area contributed by atoms with E-state index in [4.69, 9.17) is 10.5 Å². The van der Waals surface area contributed by atoms with Crippen LogP contribution >= 0.6 is 0 Å². The maximum absolute atomic E-state index is 11.9. The molecule has 108 valence electrons. The molecule has 5 heteroatoms. The average Bonchev–Trinajstić information content (AvgIpc) is 2.53. The fourth-order valence-electron chi connectivity index (χ4n) is 2.54. The lowest BCUT2D eigenvalue weighted by atomic mass is 9.93. The number of carbonyl (C=O) groups excluding carboxylic acids is 1. The molecule has 0 saturated carbocycles. The highest BCUT2D eigenvalue weighted by Gasteiger charge is 2.14. The van der Waals surface area contributed by atoms with E-state index in [0.717, 1.165) is 32.4 Å². The first-order chi connectivity index (χ1) is 10.2. The Labute approximate surface area is 124 Å². The molecule has 0 aromatic heterocycles. The van der Waals surface area contributed by atoms with Gasteiger partial charge in [-0.05, 0) is 56.5 Å². The number of piperidine rings is 1. The molecule has 1 aromatic rings. The van der Waals surface area contributed by atoms with Crippen LogP contribution in [0.5, 0.6) is 0 Å². The molecule has 0 atom stereocenters. The van der Waals surface area contributed by atoms with Crippen molar-refractivity contribution < 1.29 is 4.79 Å². The first kappa shape index (κ1) is 15.0. The predicted octanol–water partition coefficient (Wildman–Crippen LogP) is 2.15. The van der Waals surface area contributed by atoms with E-state index >= 15 is 0 Å². The topological polar surface area (TPSA) is 88.7 Å². The first-order valence-corrected chi connectivity index (χ1v) is 7.17. The van der Waals surface area contributed by atoms with Gasteiger partial charge >= 0.3 is 0 Å². The average molecular weight is 282 g/mol. The number of hydrogen-bond acceptors (Lipinski definition) is 4. The Kier molecular flexibility index (Phi) is 5.31. The summed E-state index contributed by atoms with van der Waals surface area (Å²) >= 11 is 0. The number of benzene rings is 1. The summed E-state index contributed by atoms with van der Waals surface area (Å²) in [6.07, 6.45) is 3.65. The molecule has 1 amide bonds. The monoisotopic (exact) mass is 282 g/mol. The molecule has 0 bridgehead atoms. The highest BCUT2D eigenvalue weighted by atomic mass is 16.1. The lowest BCUT2D eigenvalue weighted by Crippen LogP contribution is -2.28. The van der Waals surface area contributed by atoms with Gasteiger partial charge in [0.2, 0.25) is 5.91 Å². The third-order valence-electron chi connectivity index (χ3n) is 3.78. The van der Waals surface area contributed by atoms with Gasteiger partial charge in [-0.25, -0.2) is 0 Å². The van der Waals surface area contributed by atoms with E-state index in [9.17, 15) is 4.79 Å². The maximum atomic E-state index is 11.9. The quantitative estimate of drug-likeness (QED) is 0.885. The van der Waals surface area contributed by atoms with Crippen molar-refractivity contribution in [3.05, 3.63) is 29.3 Å². The zero-order valence-electron chi connectivity index (χ0n) is 11.9. The van der Waals surface area contributed by atoms with Crippen LogP contribution in [0, 0.1) is 28.6 Å². The van der Waals surface area contributed by atoms with Crippen molar-refractivity contribution in [3.63, 3.8) is 0 Å². The Bertz CT molecular complexity index is 591. The summed E-state index contributed by atoms with van der Waals surface area (Å²) in [5.41, 5.74) is 1.18. The number of rotatable bonds is 4. The number of carbonyl (C=O) groups is 1. The minimum Gasteiger partial charge on any atom is -0.326 e. The van der Waals surface area contributed by atoms with E-state index < -0.39 is 0 Å². The molecule has 1 fully saturated rings. The van der Waals surface area contributed by atoms with Crippen LogP contribution in [0.2, 0.25) is 0 Å². The van der Waals surface area contributed by atoms with Crippen molar-refractivity contribution in [2.24, 2.45) is 5.92 Å². The van der Waals surface area contributed by atoms with Crippen molar-refractivity contribution >= 4 is 11.6 Å². The Morgan fingerprint density at radius 1 is 1.24 bits per heavy atom. The molecule has 1 aromatic carbocycles. The highest BCUT2D eigenvalue weighted by molar-refractivity contribution is 5.91. The van der Waals surface area contributed by atoms with Gasteiger partial charge in [0.1, 0.15) is 12.1 Å². The van der Waals surface area contributed by atoms with Crippen LogP contribution in [0.4, 0.5) is 5.69 Å². The second kappa shape index (κ2) is 7.42. The van der Waals surface area contributed by atoms with Gasteiger partial charge in [0.15, 0.2) is 0 Å². The van der Waals surface area contributed by atoms with E-state index in [1.54, 1.807) is 18.2 Å². The summed E-state index contributed by atoms with van der Waals surface area (Å²) in [6, 6.07) is 8.67. The van der Waals surface area contributed by atoms with Crippen LogP contribution in [0.1, 0.15) is 36.8 Å². The number of nitriles is 2. The second-order valence-electron chi connectivity index (χ2n) is 5.26. The molecule has 1 aliphatic rings. The van der Waals surface area contributed by atoms with Crippen LogP contribution in [-0.4, -0.2) is 19.0 Å². The van der Waals surface area contributed by atoms with Crippen molar-refractivity contribution in [3.8, 4) is 12.1 Å². The SMILES string of the molecule is N#Cc1ccc(NC(=O)CCC2CCNCC2)cc1C#N. The molecule has 0 aliphatic carbocycles. The molecule has 0 radical (unpaired) electrons. The molecule has 0 spiro atoms. The van der Waals surface area contributed by atoms with E-state index in [-0.39, 0.29) is 11.5 Å². The van der Waals surface area contributed by atoms with Crippen LogP contribution in [0.25, 0.3) is 0 Å². The van der Waals surface area contributed by atoms with Crippen molar-refractivity contribution in [1.82, 2.24) is 5.32 Å². The van der Waals surface area contributed by atoms with E-state index in [2.05, 4.69) is 10.6 Å². The summed E-state index contributed by atoms with van der Waals surface area (Å²) in [5.74, 6) is 0.578. The van der Waals surface area contributed by atoms with Crippen LogP contribution in [-0.2, 0) is 4.79 Å². The van der Waals surface area contributed by atoms with E-state index in [1.165, 1.54) is 0 Å². The van der Waals surface area contributed by atoms with Crippen molar-refractivity contribution in [1.29, 1.82) is 10.5 Å². The van der Waals surface area contributed by atoms with Crippen molar-refractivity contribution in [2.45, 2.75) is 25.7 Å². The summed E-state index contributed by atoms with van der Waals surface area (Å²) in [4.78, 5) is 11.9. The van der Waals surface area contributed by atoms with Gasteiger partial charge in [-0.1, -0.05) is 0 Å². The molecule has 0 unspecified atom stereocenters. The number of nitrogens with zero attached hydrogens (tertiary/aromatic N) is 2. The molecular weight excluding hydrogens is 264 g/mol. The number of anilines is 1. The second-order valence-corrected chi connectivity index (χ2v) is 5.26. The highest BCUT2D eigenvalue weighted by Crippen LogP contribution is 2.19. The van der Waals surface area contributed by atoms with Crippen LogP contribution < -0.4 is 10.6 Å². The van der Waals surface area contributed by atoms with Crippen LogP contribution in [0.3, 0.4) is 0 Å². The van der Waals surface area contributed by atoms with Gasteiger partial charge in [-0.2, -0.15) is 10.5 Å². The minimum absolute atomic E-state index is 0.0397. The fraction of sp³-hybridized carbons (Fsp3) is 0.438. The van der Waals surface area contributed by atoms with Gasteiger partial charge in [0.05, 0.1) is 11.1 Å². The van der Waals surface area contributed by atoms with Gasteiger partial charge < -0.3 is 10.6 Å². The van der Waals surface area contributed by atoms with E-state index in [1.807, 2.05) is 12.1 Å². The van der Waals surface area contributed by atoms with Gasteiger partial charge in [-0.15, -0.1) is 0 Å². The Hall–Kier alpha value is -2.37. The molecule has 1 aliphatic heterocycles. The van der Waals surface area contributed by atoms with Gasteiger partial charge in [0.25, 0.3) is 0 Å². The van der Waals surface area contributed by atoms with Crippen LogP contribution in [0.15, 0.2) is 18.2 Å². The van der Waals surface area contributed by atoms with E-state index in [0.29, 0.717) is 23.6 Å². The fourth-order valence-corrected chi connectivity index (χ4v) is 2.54. The zero-order chi connectivity index (χ0) is 15.1. The lowest BCUT2D eigenvalue weighted by Gasteiger charge is -2.22.